The SMILES string of the molecule is CC(=O)N(CC(=O)NCCN1CCOCC1)c1ccc(C)cc1. The van der Waals surface area contributed by atoms with Crippen molar-refractivity contribution in [2.24, 2.45) is 0 Å². The van der Waals surface area contributed by atoms with Gasteiger partial charge in [-0.05, 0) is 19.1 Å². The molecule has 6 heteroatoms. The van der Waals surface area contributed by atoms with Gasteiger partial charge in [-0.2, -0.15) is 0 Å². The minimum absolute atomic E-state index is 0.0432. The average molecular weight is 319 g/mol. The maximum absolute atomic E-state index is 12.1. The highest BCUT2D eigenvalue weighted by atomic mass is 16.5. The van der Waals surface area contributed by atoms with Gasteiger partial charge in [-0.3, -0.25) is 14.5 Å². The van der Waals surface area contributed by atoms with E-state index < -0.39 is 0 Å². The lowest BCUT2D eigenvalue weighted by atomic mass is 10.2. The number of rotatable bonds is 6. The Kier molecular flexibility index (Phi) is 6.55. The van der Waals surface area contributed by atoms with Gasteiger partial charge < -0.3 is 15.0 Å². The summed E-state index contributed by atoms with van der Waals surface area (Å²) in [6, 6.07) is 7.58. The van der Waals surface area contributed by atoms with E-state index in [1.165, 1.54) is 11.8 Å². The van der Waals surface area contributed by atoms with Gasteiger partial charge in [-0.15, -0.1) is 0 Å². The fourth-order valence-electron chi connectivity index (χ4n) is 2.49. The number of aryl methyl sites for hydroxylation is 1. The van der Waals surface area contributed by atoms with Crippen LogP contribution in [0.25, 0.3) is 0 Å². The van der Waals surface area contributed by atoms with Gasteiger partial charge in [0.05, 0.1) is 13.2 Å². The molecule has 1 aliphatic heterocycles. The number of carbonyl (C=O) groups excluding carboxylic acids is 2. The Bertz CT molecular complexity index is 524. The van der Waals surface area contributed by atoms with E-state index in [2.05, 4.69) is 10.2 Å². The predicted octanol–water partition coefficient (Wildman–Crippen LogP) is 0.796. The third kappa shape index (κ3) is 5.65. The smallest absolute Gasteiger partial charge is 0.240 e. The van der Waals surface area contributed by atoms with E-state index in [1.54, 1.807) is 0 Å². The summed E-state index contributed by atoms with van der Waals surface area (Å²) < 4.78 is 5.29. The molecule has 1 saturated heterocycles. The van der Waals surface area contributed by atoms with Gasteiger partial charge in [0.15, 0.2) is 0 Å². The van der Waals surface area contributed by atoms with Crippen molar-refractivity contribution in [2.45, 2.75) is 13.8 Å². The summed E-state index contributed by atoms with van der Waals surface area (Å²) in [7, 11) is 0. The van der Waals surface area contributed by atoms with Gasteiger partial charge >= 0.3 is 0 Å². The Morgan fingerprint density at radius 3 is 2.48 bits per heavy atom. The lowest BCUT2D eigenvalue weighted by Crippen LogP contribution is -2.44. The number of anilines is 1. The third-order valence-corrected chi connectivity index (χ3v) is 3.88. The first-order valence-corrected chi connectivity index (χ1v) is 7.98. The van der Waals surface area contributed by atoms with E-state index in [0.717, 1.165) is 44.1 Å². The van der Waals surface area contributed by atoms with E-state index in [1.807, 2.05) is 31.2 Å². The molecule has 126 valence electrons. The molecular formula is C17H25N3O3. The number of carbonyl (C=O) groups is 2. The van der Waals surface area contributed by atoms with Gasteiger partial charge in [0.25, 0.3) is 0 Å². The van der Waals surface area contributed by atoms with Crippen LogP contribution in [0, 0.1) is 6.92 Å². The Hall–Kier alpha value is -1.92. The van der Waals surface area contributed by atoms with Crippen LogP contribution < -0.4 is 10.2 Å². The molecule has 1 aromatic rings. The van der Waals surface area contributed by atoms with Crippen LogP contribution in [0.1, 0.15) is 12.5 Å². The van der Waals surface area contributed by atoms with Gasteiger partial charge in [0.1, 0.15) is 6.54 Å². The number of benzene rings is 1. The topological polar surface area (TPSA) is 61.9 Å². The highest BCUT2D eigenvalue weighted by molar-refractivity contribution is 5.97. The molecule has 0 spiro atoms. The van der Waals surface area contributed by atoms with Crippen LogP contribution in [0.15, 0.2) is 24.3 Å². The molecule has 23 heavy (non-hydrogen) atoms. The second-order valence-electron chi connectivity index (χ2n) is 5.74. The van der Waals surface area contributed by atoms with Crippen LogP contribution in [0.5, 0.6) is 0 Å². The summed E-state index contributed by atoms with van der Waals surface area (Å²) >= 11 is 0. The van der Waals surface area contributed by atoms with E-state index in [-0.39, 0.29) is 18.4 Å². The molecule has 1 aliphatic rings. The number of ether oxygens (including phenoxy) is 1. The second kappa shape index (κ2) is 8.64. The molecule has 1 fully saturated rings. The van der Waals surface area contributed by atoms with Crippen molar-refractivity contribution in [2.75, 3.05) is 50.8 Å². The fraction of sp³-hybridized carbons (Fsp3) is 0.529. The van der Waals surface area contributed by atoms with E-state index >= 15 is 0 Å². The zero-order valence-corrected chi connectivity index (χ0v) is 13.9. The lowest BCUT2D eigenvalue weighted by Gasteiger charge is -2.26. The number of morpholine rings is 1. The van der Waals surface area contributed by atoms with Gasteiger partial charge in [0, 0.05) is 38.8 Å². The Morgan fingerprint density at radius 2 is 1.87 bits per heavy atom. The Balaban J connectivity index is 1.81. The number of hydrogen-bond donors (Lipinski definition) is 1. The number of nitrogens with zero attached hydrogens (tertiary/aromatic N) is 2. The van der Waals surface area contributed by atoms with Crippen LogP contribution >= 0.6 is 0 Å². The molecule has 1 heterocycles. The first-order valence-electron chi connectivity index (χ1n) is 7.98. The fourth-order valence-corrected chi connectivity index (χ4v) is 2.49. The first-order chi connectivity index (χ1) is 11.1. The number of hydrogen-bond acceptors (Lipinski definition) is 4. The Morgan fingerprint density at radius 1 is 1.22 bits per heavy atom. The minimum atomic E-state index is -0.144. The summed E-state index contributed by atoms with van der Waals surface area (Å²) in [4.78, 5) is 27.6. The zero-order chi connectivity index (χ0) is 16.7. The summed E-state index contributed by atoms with van der Waals surface area (Å²) in [5, 5.41) is 2.88. The normalized spacial score (nSPS) is 15.2. The van der Waals surface area contributed by atoms with Crippen molar-refractivity contribution in [1.82, 2.24) is 10.2 Å². The van der Waals surface area contributed by atoms with Crippen LogP contribution in [-0.2, 0) is 14.3 Å². The zero-order valence-electron chi connectivity index (χ0n) is 13.9. The molecule has 2 rings (SSSR count). The van der Waals surface area contributed by atoms with Gasteiger partial charge in [0.2, 0.25) is 11.8 Å². The van der Waals surface area contributed by atoms with Crippen LogP contribution in [-0.4, -0.2) is 62.7 Å². The minimum Gasteiger partial charge on any atom is -0.379 e. The molecule has 0 atom stereocenters. The molecule has 1 N–H and O–H groups in total. The molecule has 1 aromatic carbocycles. The summed E-state index contributed by atoms with van der Waals surface area (Å²) in [6.07, 6.45) is 0. The molecular weight excluding hydrogens is 294 g/mol. The van der Waals surface area contributed by atoms with Crippen molar-refractivity contribution in [1.29, 1.82) is 0 Å². The van der Waals surface area contributed by atoms with Crippen LogP contribution in [0.3, 0.4) is 0 Å². The number of nitrogens with one attached hydrogen (secondary N) is 1. The van der Waals surface area contributed by atoms with Crippen molar-refractivity contribution < 1.29 is 14.3 Å². The predicted molar refractivity (Wildman–Crippen MR) is 89.5 cm³/mol. The van der Waals surface area contributed by atoms with Crippen molar-refractivity contribution in [3.8, 4) is 0 Å². The molecule has 2 amide bonds. The highest BCUT2D eigenvalue weighted by Crippen LogP contribution is 2.15. The molecule has 0 unspecified atom stereocenters. The molecule has 0 radical (unpaired) electrons. The van der Waals surface area contributed by atoms with E-state index in [0.29, 0.717) is 6.54 Å². The maximum atomic E-state index is 12.1. The van der Waals surface area contributed by atoms with Crippen molar-refractivity contribution in [3.63, 3.8) is 0 Å². The summed E-state index contributed by atoms with van der Waals surface area (Å²) in [5.74, 6) is -0.286. The van der Waals surface area contributed by atoms with Crippen molar-refractivity contribution >= 4 is 17.5 Å². The molecule has 6 nitrogen and oxygen atoms in total. The van der Waals surface area contributed by atoms with Gasteiger partial charge in [-0.1, -0.05) is 17.7 Å². The number of amides is 2. The third-order valence-electron chi connectivity index (χ3n) is 3.88. The monoisotopic (exact) mass is 319 g/mol. The van der Waals surface area contributed by atoms with E-state index in [4.69, 9.17) is 4.74 Å². The van der Waals surface area contributed by atoms with Crippen LogP contribution in [0.2, 0.25) is 0 Å². The van der Waals surface area contributed by atoms with Gasteiger partial charge in [-0.25, -0.2) is 0 Å². The quantitative estimate of drug-likeness (QED) is 0.842. The lowest BCUT2D eigenvalue weighted by molar-refractivity contribution is -0.123. The first kappa shape index (κ1) is 17.4. The maximum Gasteiger partial charge on any atom is 0.240 e. The summed E-state index contributed by atoms with van der Waals surface area (Å²) in [6.45, 7) is 8.19. The average Bonchev–Trinajstić information content (AvgIpc) is 2.54. The molecule has 0 bridgehead atoms. The largest absolute Gasteiger partial charge is 0.379 e. The molecule has 0 aromatic heterocycles. The standard InChI is InChI=1S/C17H25N3O3/c1-14-3-5-16(6-4-14)20(15(2)21)13-17(22)18-7-8-19-9-11-23-12-10-19/h3-6H,7-13H2,1-2H3,(H,18,22). The van der Waals surface area contributed by atoms with E-state index in [9.17, 15) is 9.59 Å². The Labute approximate surface area is 137 Å². The highest BCUT2D eigenvalue weighted by Gasteiger charge is 2.16. The molecule has 0 saturated carbocycles. The molecule has 0 aliphatic carbocycles. The second-order valence-corrected chi connectivity index (χ2v) is 5.74. The van der Waals surface area contributed by atoms with Crippen molar-refractivity contribution in [3.05, 3.63) is 29.8 Å². The summed E-state index contributed by atoms with van der Waals surface area (Å²) in [5.41, 5.74) is 1.86. The van der Waals surface area contributed by atoms with Crippen LogP contribution in [0.4, 0.5) is 5.69 Å².